The molecule has 0 saturated carbocycles. The molecule has 0 aliphatic rings. The molecule has 0 bridgehead atoms. The molecular formula is C19H20FN3O4. The van der Waals surface area contributed by atoms with Gasteiger partial charge in [0.05, 0.1) is 12.1 Å². The molecule has 0 aliphatic carbocycles. The van der Waals surface area contributed by atoms with Crippen LogP contribution in [-0.2, 0) is 9.59 Å². The van der Waals surface area contributed by atoms with Gasteiger partial charge in [0.1, 0.15) is 11.6 Å². The molecule has 27 heavy (non-hydrogen) atoms. The number of hydrazine groups is 1. The minimum absolute atomic E-state index is 0.170. The van der Waals surface area contributed by atoms with E-state index in [-0.39, 0.29) is 12.2 Å². The summed E-state index contributed by atoms with van der Waals surface area (Å²) in [5.74, 6) is -2.10. The highest BCUT2D eigenvalue weighted by atomic mass is 19.1. The molecule has 2 rings (SSSR count). The summed E-state index contributed by atoms with van der Waals surface area (Å²) in [5, 5.41) is 2.26. The summed E-state index contributed by atoms with van der Waals surface area (Å²) >= 11 is 0. The van der Waals surface area contributed by atoms with Gasteiger partial charge in [-0.25, -0.2) is 4.39 Å². The quantitative estimate of drug-likeness (QED) is 0.667. The van der Waals surface area contributed by atoms with Gasteiger partial charge in [-0.1, -0.05) is 18.2 Å². The molecular weight excluding hydrogens is 353 g/mol. The van der Waals surface area contributed by atoms with Crippen molar-refractivity contribution >= 4 is 17.7 Å². The van der Waals surface area contributed by atoms with Crippen molar-refractivity contribution in [1.29, 1.82) is 0 Å². The standard InChI is InChI=1S/C19H20FN3O4/c1-12-7-13(2)9-14(8-12)27-11-18(25)23-22-17(24)10-21-19(26)15-5-3-4-6-16(15)20/h3-9H,10-11H2,1-2H3,(H,21,26)(H,22,24)(H,23,25). The van der Waals surface area contributed by atoms with Crippen molar-refractivity contribution in [2.24, 2.45) is 0 Å². The van der Waals surface area contributed by atoms with Crippen LogP contribution >= 0.6 is 0 Å². The van der Waals surface area contributed by atoms with E-state index >= 15 is 0 Å². The second-order valence-electron chi connectivity index (χ2n) is 5.87. The zero-order valence-electron chi connectivity index (χ0n) is 15.0. The lowest BCUT2D eigenvalue weighted by Crippen LogP contribution is -2.47. The smallest absolute Gasteiger partial charge is 0.276 e. The Balaban J connectivity index is 1.71. The molecule has 0 fully saturated rings. The van der Waals surface area contributed by atoms with Crippen molar-refractivity contribution < 1.29 is 23.5 Å². The van der Waals surface area contributed by atoms with Crippen LogP contribution in [0, 0.1) is 19.7 Å². The van der Waals surface area contributed by atoms with Gasteiger partial charge in [-0.05, 0) is 49.2 Å². The molecule has 3 amide bonds. The SMILES string of the molecule is Cc1cc(C)cc(OCC(=O)NNC(=O)CNC(=O)c2ccccc2F)c1. The average Bonchev–Trinajstić information content (AvgIpc) is 2.62. The first-order valence-corrected chi connectivity index (χ1v) is 8.16. The maximum atomic E-state index is 13.5. The molecule has 3 N–H and O–H groups in total. The van der Waals surface area contributed by atoms with Crippen LogP contribution in [0.5, 0.6) is 5.75 Å². The third-order valence-electron chi connectivity index (χ3n) is 3.43. The number of benzene rings is 2. The zero-order chi connectivity index (χ0) is 19.8. The van der Waals surface area contributed by atoms with E-state index in [1.54, 1.807) is 12.1 Å². The predicted octanol–water partition coefficient (Wildman–Crippen LogP) is 1.40. The van der Waals surface area contributed by atoms with Gasteiger partial charge in [0.15, 0.2) is 6.61 Å². The lowest BCUT2D eigenvalue weighted by atomic mass is 10.1. The van der Waals surface area contributed by atoms with Crippen LogP contribution in [0.4, 0.5) is 4.39 Å². The molecule has 8 heteroatoms. The summed E-state index contributed by atoms with van der Waals surface area (Å²) < 4.78 is 18.8. The maximum absolute atomic E-state index is 13.5. The monoisotopic (exact) mass is 373 g/mol. The highest BCUT2D eigenvalue weighted by Gasteiger charge is 2.12. The van der Waals surface area contributed by atoms with Crippen LogP contribution in [0.1, 0.15) is 21.5 Å². The highest BCUT2D eigenvalue weighted by molar-refractivity contribution is 5.96. The summed E-state index contributed by atoms with van der Waals surface area (Å²) in [6.45, 7) is 3.11. The van der Waals surface area contributed by atoms with E-state index in [0.29, 0.717) is 5.75 Å². The Morgan fingerprint density at radius 2 is 1.59 bits per heavy atom. The number of hydrogen-bond donors (Lipinski definition) is 3. The Bertz CT molecular complexity index is 834. The first kappa shape index (κ1) is 19.9. The fraction of sp³-hybridized carbons (Fsp3) is 0.211. The summed E-state index contributed by atoms with van der Waals surface area (Å²) in [6, 6.07) is 11.0. The Morgan fingerprint density at radius 3 is 2.26 bits per heavy atom. The van der Waals surface area contributed by atoms with E-state index in [9.17, 15) is 18.8 Å². The van der Waals surface area contributed by atoms with Crippen LogP contribution in [0.2, 0.25) is 0 Å². The molecule has 0 spiro atoms. The van der Waals surface area contributed by atoms with Crippen molar-refractivity contribution in [1.82, 2.24) is 16.2 Å². The molecule has 0 atom stereocenters. The summed E-state index contributed by atoms with van der Waals surface area (Å²) in [5.41, 5.74) is 6.14. The largest absolute Gasteiger partial charge is 0.484 e. The topological polar surface area (TPSA) is 96.5 Å². The first-order valence-electron chi connectivity index (χ1n) is 8.16. The number of carbonyl (C=O) groups is 3. The third-order valence-corrected chi connectivity index (χ3v) is 3.43. The number of rotatable bonds is 6. The molecule has 0 heterocycles. The molecule has 0 aliphatic heterocycles. The molecule has 2 aromatic carbocycles. The van der Waals surface area contributed by atoms with Gasteiger partial charge in [0, 0.05) is 0 Å². The zero-order valence-corrected chi connectivity index (χ0v) is 15.0. The van der Waals surface area contributed by atoms with E-state index in [4.69, 9.17) is 4.74 Å². The molecule has 7 nitrogen and oxygen atoms in total. The van der Waals surface area contributed by atoms with Crippen molar-refractivity contribution in [2.75, 3.05) is 13.2 Å². The Hall–Kier alpha value is -3.42. The molecule has 0 unspecified atom stereocenters. The minimum atomic E-state index is -0.729. The number of aryl methyl sites for hydroxylation is 2. The minimum Gasteiger partial charge on any atom is -0.484 e. The number of amides is 3. The second kappa shape index (κ2) is 9.33. The molecule has 2 aromatic rings. The number of ether oxygens (including phenoxy) is 1. The van der Waals surface area contributed by atoms with Crippen LogP contribution in [0.15, 0.2) is 42.5 Å². The van der Waals surface area contributed by atoms with E-state index < -0.39 is 30.1 Å². The van der Waals surface area contributed by atoms with E-state index in [1.807, 2.05) is 19.9 Å². The van der Waals surface area contributed by atoms with Crippen LogP contribution in [0.25, 0.3) is 0 Å². The van der Waals surface area contributed by atoms with Gasteiger partial charge in [-0.3, -0.25) is 25.2 Å². The maximum Gasteiger partial charge on any atom is 0.276 e. The lowest BCUT2D eigenvalue weighted by molar-refractivity contribution is -0.129. The molecule has 142 valence electrons. The summed E-state index contributed by atoms with van der Waals surface area (Å²) in [4.78, 5) is 35.1. The van der Waals surface area contributed by atoms with Crippen molar-refractivity contribution in [3.63, 3.8) is 0 Å². The van der Waals surface area contributed by atoms with E-state index in [1.165, 1.54) is 18.2 Å². The van der Waals surface area contributed by atoms with E-state index in [2.05, 4.69) is 16.2 Å². The summed E-state index contributed by atoms with van der Waals surface area (Å²) in [6.07, 6.45) is 0. The molecule has 0 saturated heterocycles. The number of halogens is 1. The van der Waals surface area contributed by atoms with Gasteiger partial charge in [-0.15, -0.1) is 0 Å². The molecule has 0 aromatic heterocycles. The summed E-state index contributed by atoms with van der Waals surface area (Å²) in [7, 11) is 0. The average molecular weight is 373 g/mol. The van der Waals surface area contributed by atoms with Crippen LogP contribution in [-0.4, -0.2) is 30.9 Å². The van der Waals surface area contributed by atoms with Crippen LogP contribution < -0.4 is 20.9 Å². The fourth-order valence-electron chi connectivity index (χ4n) is 2.29. The molecule has 0 radical (unpaired) electrons. The van der Waals surface area contributed by atoms with Crippen LogP contribution in [0.3, 0.4) is 0 Å². The van der Waals surface area contributed by atoms with Gasteiger partial charge in [0.25, 0.3) is 17.7 Å². The Labute approximate surface area is 155 Å². The van der Waals surface area contributed by atoms with Gasteiger partial charge in [0.2, 0.25) is 0 Å². The normalized spacial score (nSPS) is 10.0. The van der Waals surface area contributed by atoms with Gasteiger partial charge >= 0.3 is 0 Å². The Kier molecular flexibility index (Phi) is 6.87. The Morgan fingerprint density at radius 1 is 0.963 bits per heavy atom. The fourth-order valence-corrected chi connectivity index (χ4v) is 2.29. The predicted molar refractivity (Wildman–Crippen MR) is 96.4 cm³/mol. The lowest BCUT2D eigenvalue weighted by Gasteiger charge is -2.10. The van der Waals surface area contributed by atoms with Gasteiger partial charge in [-0.2, -0.15) is 0 Å². The van der Waals surface area contributed by atoms with Gasteiger partial charge < -0.3 is 10.1 Å². The number of carbonyl (C=O) groups excluding carboxylic acids is 3. The van der Waals surface area contributed by atoms with E-state index in [0.717, 1.165) is 17.2 Å². The van der Waals surface area contributed by atoms with Crippen molar-refractivity contribution in [2.45, 2.75) is 13.8 Å². The first-order chi connectivity index (χ1) is 12.8. The second-order valence-corrected chi connectivity index (χ2v) is 5.87. The van der Waals surface area contributed by atoms with Crippen molar-refractivity contribution in [3.05, 3.63) is 65.0 Å². The number of hydrogen-bond acceptors (Lipinski definition) is 4. The third kappa shape index (κ3) is 6.43. The highest BCUT2D eigenvalue weighted by Crippen LogP contribution is 2.15. The number of nitrogens with one attached hydrogen (secondary N) is 3. The van der Waals surface area contributed by atoms with Crippen molar-refractivity contribution in [3.8, 4) is 5.75 Å².